The van der Waals surface area contributed by atoms with E-state index >= 15 is 0 Å². The predicted molar refractivity (Wildman–Crippen MR) is 103 cm³/mol. The number of nitrogens with one attached hydrogen (secondary N) is 1. The van der Waals surface area contributed by atoms with Gasteiger partial charge in [0.25, 0.3) is 5.91 Å². The first-order valence-electron chi connectivity index (χ1n) is 7.54. The third kappa shape index (κ3) is 5.29. The largest absolute Gasteiger partial charge is 0.456 e. The lowest BCUT2D eigenvalue weighted by Gasteiger charge is -2.20. The SMILES string of the molecule is CC(C)(C)OC(=O)c1cc(C#N)ccc1NC(=O)c1cccc(I)c1. The number of carbonyl (C=O) groups excluding carboxylic acids is 2. The van der Waals surface area contributed by atoms with Crippen molar-refractivity contribution in [1.82, 2.24) is 0 Å². The Morgan fingerprint density at radius 3 is 2.48 bits per heavy atom. The Hall–Kier alpha value is -2.40. The minimum absolute atomic E-state index is 0.146. The van der Waals surface area contributed by atoms with E-state index in [0.717, 1.165) is 3.57 Å². The minimum atomic E-state index is -0.684. The molecule has 6 heteroatoms. The molecule has 0 aliphatic carbocycles. The summed E-state index contributed by atoms with van der Waals surface area (Å²) in [7, 11) is 0. The molecule has 128 valence electrons. The van der Waals surface area contributed by atoms with Gasteiger partial charge in [-0.25, -0.2) is 4.79 Å². The summed E-state index contributed by atoms with van der Waals surface area (Å²) in [5.41, 5.74) is 0.556. The molecule has 0 saturated carbocycles. The van der Waals surface area contributed by atoms with Crippen molar-refractivity contribution in [1.29, 1.82) is 5.26 Å². The van der Waals surface area contributed by atoms with Crippen molar-refractivity contribution >= 4 is 40.2 Å². The van der Waals surface area contributed by atoms with Crippen LogP contribution in [0, 0.1) is 14.9 Å². The second-order valence-corrected chi connectivity index (χ2v) is 7.58. The number of halogens is 1. The second kappa shape index (κ2) is 7.66. The standard InChI is InChI=1S/C19H17IN2O3/c1-19(2,3)25-18(24)15-9-12(11-21)7-8-16(15)22-17(23)13-5-4-6-14(20)10-13/h4-10H,1-3H3,(H,22,23). The zero-order valence-corrected chi connectivity index (χ0v) is 16.2. The van der Waals surface area contributed by atoms with Crippen LogP contribution in [0.5, 0.6) is 0 Å². The molecule has 1 amide bonds. The second-order valence-electron chi connectivity index (χ2n) is 6.34. The number of benzene rings is 2. The quantitative estimate of drug-likeness (QED) is 0.559. The Labute approximate surface area is 160 Å². The number of anilines is 1. The molecule has 0 unspecified atom stereocenters. The van der Waals surface area contributed by atoms with Crippen molar-refractivity contribution in [3.8, 4) is 6.07 Å². The van der Waals surface area contributed by atoms with Gasteiger partial charge in [0.15, 0.2) is 0 Å². The van der Waals surface area contributed by atoms with Crippen LogP contribution in [0.2, 0.25) is 0 Å². The number of esters is 1. The lowest BCUT2D eigenvalue weighted by molar-refractivity contribution is 0.00707. The number of hydrogen-bond acceptors (Lipinski definition) is 4. The average Bonchev–Trinajstić information content (AvgIpc) is 2.53. The first-order valence-corrected chi connectivity index (χ1v) is 8.62. The van der Waals surface area contributed by atoms with Crippen LogP contribution in [0.15, 0.2) is 42.5 Å². The third-order valence-corrected chi connectivity index (χ3v) is 3.77. The third-order valence-electron chi connectivity index (χ3n) is 3.10. The lowest BCUT2D eigenvalue weighted by Crippen LogP contribution is -2.25. The summed E-state index contributed by atoms with van der Waals surface area (Å²) < 4.78 is 6.30. The van der Waals surface area contributed by atoms with Crippen molar-refractivity contribution in [2.45, 2.75) is 26.4 Å². The normalized spacial score (nSPS) is 10.7. The van der Waals surface area contributed by atoms with Crippen LogP contribution in [0.4, 0.5) is 5.69 Å². The fraction of sp³-hybridized carbons (Fsp3) is 0.211. The van der Waals surface area contributed by atoms with Gasteiger partial charge in [0.1, 0.15) is 5.60 Å². The summed E-state index contributed by atoms with van der Waals surface area (Å²) in [5.74, 6) is -0.935. The van der Waals surface area contributed by atoms with Crippen LogP contribution >= 0.6 is 22.6 Å². The molecule has 2 aromatic rings. The highest BCUT2D eigenvalue weighted by Gasteiger charge is 2.22. The topological polar surface area (TPSA) is 79.2 Å². The summed E-state index contributed by atoms with van der Waals surface area (Å²) in [6, 6.07) is 13.6. The Balaban J connectivity index is 2.35. The maximum Gasteiger partial charge on any atom is 0.340 e. The molecule has 0 bridgehead atoms. The van der Waals surface area contributed by atoms with Gasteiger partial charge in [-0.15, -0.1) is 0 Å². The van der Waals surface area contributed by atoms with Gasteiger partial charge in [-0.3, -0.25) is 4.79 Å². The van der Waals surface area contributed by atoms with E-state index in [4.69, 9.17) is 10.00 Å². The monoisotopic (exact) mass is 448 g/mol. The zero-order chi connectivity index (χ0) is 18.6. The molecular formula is C19H17IN2O3. The van der Waals surface area contributed by atoms with Crippen LogP contribution < -0.4 is 5.32 Å². The Kier molecular flexibility index (Phi) is 5.80. The summed E-state index contributed by atoms with van der Waals surface area (Å²) >= 11 is 2.12. The predicted octanol–water partition coefficient (Wildman–Crippen LogP) is 4.37. The molecule has 0 spiro atoms. The Morgan fingerprint density at radius 1 is 1.16 bits per heavy atom. The fourth-order valence-electron chi connectivity index (χ4n) is 2.05. The van der Waals surface area contributed by atoms with E-state index in [0.29, 0.717) is 16.8 Å². The molecule has 0 atom stereocenters. The van der Waals surface area contributed by atoms with Gasteiger partial charge in [-0.1, -0.05) is 6.07 Å². The summed E-state index contributed by atoms with van der Waals surface area (Å²) in [6.07, 6.45) is 0. The molecule has 0 heterocycles. The van der Waals surface area contributed by atoms with E-state index < -0.39 is 11.6 Å². The van der Waals surface area contributed by atoms with Crippen molar-refractivity contribution in [2.75, 3.05) is 5.32 Å². The zero-order valence-electron chi connectivity index (χ0n) is 14.1. The van der Waals surface area contributed by atoms with Gasteiger partial charge in [-0.2, -0.15) is 5.26 Å². The molecule has 0 aromatic heterocycles. The summed E-state index contributed by atoms with van der Waals surface area (Å²) in [4.78, 5) is 24.9. The Morgan fingerprint density at radius 2 is 1.88 bits per heavy atom. The van der Waals surface area contributed by atoms with E-state index in [1.54, 1.807) is 39.0 Å². The minimum Gasteiger partial charge on any atom is -0.456 e. The van der Waals surface area contributed by atoms with Gasteiger partial charge >= 0.3 is 5.97 Å². The number of nitriles is 1. The summed E-state index contributed by atoms with van der Waals surface area (Å²) in [6.45, 7) is 5.26. The van der Waals surface area contributed by atoms with Crippen LogP contribution in [0.1, 0.15) is 47.1 Å². The van der Waals surface area contributed by atoms with Gasteiger partial charge in [-0.05, 0) is 79.8 Å². The van der Waals surface area contributed by atoms with Crippen LogP contribution in [0.25, 0.3) is 0 Å². The highest BCUT2D eigenvalue weighted by atomic mass is 127. The lowest BCUT2D eigenvalue weighted by atomic mass is 10.1. The van der Waals surface area contributed by atoms with E-state index in [1.165, 1.54) is 18.2 Å². The number of ether oxygens (including phenoxy) is 1. The molecule has 0 fully saturated rings. The molecule has 5 nitrogen and oxygen atoms in total. The van der Waals surface area contributed by atoms with Gasteiger partial charge < -0.3 is 10.1 Å². The molecule has 0 aliphatic heterocycles. The molecule has 2 aromatic carbocycles. The number of amides is 1. The van der Waals surface area contributed by atoms with Crippen molar-refractivity contribution in [3.05, 3.63) is 62.7 Å². The number of hydrogen-bond donors (Lipinski definition) is 1. The van der Waals surface area contributed by atoms with Crippen LogP contribution in [-0.2, 0) is 4.74 Å². The molecular weight excluding hydrogens is 431 g/mol. The van der Waals surface area contributed by atoms with E-state index in [2.05, 4.69) is 27.9 Å². The van der Waals surface area contributed by atoms with Crippen LogP contribution in [-0.4, -0.2) is 17.5 Å². The molecule has 0 radical (unpaired) electrons. The van der Waals surface area contributed by atoms with Gasteiger partial charge in [0, 0.05) is 9.13 Å². The van der Waals surface area contributed by atoms with E-state index in [-0.39, 0.29) is 11.5 Å². The molecule has 25 heavy (non-hydrogen) atoms. The first kappa shape index (κ1) is 18.9. The number of nitrogens with zero attached hydrogens (tertiary/aromatic N) is 1. The van der Waals surface area contributed by atoms with Crippen molar-refractivity contribution in [2.24, 2.45) is 0 Å². The van der Waals surface area contributed by atoms with Crippen molar-refractivity contribution in [3.63, 3.8) is 0 Å². The van der Waals surface area contributed by atoms with Crippen LogP contribution in [0.3, 0.4) is 0 Å². The number of carbonyl (C=O) groups is 2. The average molecular weight is 448 g/mol. The van der Waals surface area contributed by atoms with E-state index in [9.17, 15) is 9.59 Å². The maximum atomic E-state index is 12.4. The van der Waals surface area contributed by atoms with E-state index in [1.807, 2.05) is 12.1 Å². The smallest absolute Gasteiger partial charge is 0.340 e. The maximum absolute atomic E-state index is 12.4. The summed E-state index contributed by atoms with van der Waals surface area (Å²) in [5, 5.41) is 11.8. The molecule has 0 saturated heterocycles. The molecule has 0 aliphatic rings. The van der Waals surface area contributed by atoms with Gasteiger partial charge in [0.2, 0.25) is 0 Å². The number of rotatable bonds is 3. The molecule has 1 N–H and O–H groups in total. The Bertz CT molecular complexity index is 864. The first-order chi connectivity index (χ1) is 11.7. The fourth-order valence-corrected chi connectivity index (χ4v) is 2.59. The van der Waals surface area contributed by atoms with Gasteiger partial charge in [0.05, 0.1) is 22.9 Å². The molecule has 2 rings (SSSR count). The highest BCUT2D eigenvalue weighted by Crippen LogP contribution is 2.22. The highest BCUT2D eigenvalue weighted by molar-refractivity contribution is 14.1. The van der Waals surface area contributed by atoms with Crippen molar-refractivity contribution < 1.29 is 14.3 Å².